The summed E-state index contributed by atoms with van der Waals surface area (Å²) in [5.41, 5.74) is 1.98. The molecule has 0 N–H and O–H groups in total. The summed E-state index contributed by atoms with van der Waals surface area (Å²) < 4.78 is 3.06. The Labute approximate surface area is 155 Å². The molecule has 4 rings (SSSR count). The molecule has 2 heterocycles. The third kappa shape index (κ3) is 3.55. The number of halogens is 1. The maximum atomic E-state index is 12.8. The molecule has 2 aromatic heterocycles. The second-order valence-electron chi connectivity index (χ2n) is 6.48. The lowest BCUT2D eigenvalue weighted by Crippen LogP contribution is -2.33. The lowest BCUT2D eigenvalue weighted by Gasteiger charge is -2.19. The third-order valence-electron chi connectivity index (χ3n) is 4.42. The number of rotatable bonds is 6. The van der Waals surface area contributed by atoms with E-state index in [1.54, 1.807) is 23.9 Å². The Balaban J connectivity index is 1.58. The predicted molar refractivity (Wildman–Crippen MR) is 101 cm³/mol. The number of carbonyl (C=O) groups is 1. The average molecular weight is 375 g/mol. The first-order valence-corrected chi connectivity index (χ1v) is 9.65. The van der Waals surface area contributed by atoms with Crippen LogP contribution in [0.2, 0.25) is 5.02 Å². The lowest BCUT2D eigenvalue weighted by molar-refractivity contribution is -0.119. The van der Waals surface area contributed by atoms with Crippen LogP contribution in [0, 0.1) is 12.8 Å². The highest BCUT2D eigenvalue weighted by molar-refractivity contribution is 7.22. The zero-order chi connectivity index (χ0) is 17.4. The summed E-state index contributed by atoms with van der Waals surface area (Å²) in [5, 5.41) is 1.49. The number of hydrogen-bond acceptors (Lipinski definition) is 4. The smallest absolute Gasteiger partial charge is 0.231 e. The Hall–Kier alpha value is -1.92. The van der Waals surface area contributed by atoms with E-state index in [1.807, 2.05) is 34.7 Å². The topological polar surface area (TPSA) is 51.0 Å². The molecule has 1 amide bonds. The van der Waals surface area contributed by atoms with E-state index in [9.17, 15) is 4.79 Å². The first-order valence-electron chi connectivity index (χ1n) is 8.45. The standard InChI is InChI=1S/C18H19ClN4OS/c1-12-9-14(19)10-15-16(12)21-18(25-15)23(17(24)13-3-4-13)7-2-6-22-8-5-20-11-22/h5,8-11,13H,2-4,6-7H2,1H3. The van der Waals surface area contributed by atoms with Crippen LogP contribution < -0.4 is 4.90 Å². The van der Waals surface area contributed by atoms with Gasteiger partial charge < -0.3 is 4.57 Å². The quantitative estimate of drug-likeness (QED) is 0.646. The number of imidazole rings is 1. The summed E-state index contributed by atoms with van der Waals surface area (Å²) in [6, 6.07) is 3.84. The number of amides is 1. The molecule has 1 saturated carbocycles. The van der Waals surface area contributed by atoms with Crippen molar-refractivity contribution in [2.45, 2.75) is 32.7 Å². The molecule has 1 fully saturated rings. The highest BCUT2D eigenvalue weighted by Gasteiger charge is 2.35. The first-order chi connectivity index (χ1) is 12.1. The molecule has 1 aliphatic rings. The van der Waals surface area contributed by atoms with E-state index in [4.69, 9.17) is 16.6 Å². The van der Waals surface area contributed by atoms with Crippen LogP contribution in [0.15, 0.2) is 30.9 Å². The van der Waals surface area contributed by atoms with Gasteiger partial charge in [-0.05, 0) is 43.9 Å². The van der Waals surface area contributed by atoms with Crippen LogP contribution in [0.1, 0.15) is 24.8 Å². The van der Waals surface area contributed by atoms with Crippen molar-refractivity contribution < 1.29 is 4.79 Å². The van der Waals surface area contributed by atoms with E-state index in [0.717, 1.165) is 46.7 Å². The Kier molecular flexibility index (Phi) is 4.48. The maximum absolute atomic E-state index is 12.8. The minimum absolute atomic E-state index is 0.171. The van der Waals surface area contributed by atoms with E-state index in [0.29, 0.717) is 11.6 Å². The van der Waals surface area contributed by atoms with Crippen molar-refractivity contribution in [3.63, 3.8) is 0 Å². The van der Waals surface area contributed by atoms with E-state index >= 15 is 0 Å². The van der Waals surface area contributed by atoms with Gasteiger partial charge in [-0.2, -0.15) is 0 Å². The molecular weight excluding hydrogens is 356 g/mol. The summed E-state index contributed by atoms with van der Waals surface area (Å²) in [5.74, 6) is 0.373. The number of carbonyl (C=O) groups excluding carboxylic acids is 1. The maximum Gasteiger partial charge on any atom is 0.231 e. The summed E-state index contributed by atoms with van der Waals surface area (Å²) in [4.78, 5) is 23.4. The number of benzene rings is 1. The normalized spacial score (nSPS) is 14.2. The number of fused-ring (bicyclic) bond motifs is 1. The molecule has 130 valence electrons. The van der Waals surface area contributed by atoms with Gasteiger partial charge in [0.2, 0.25) is 5.91 Å². The number of aryl methyl sites for hydroxylation is 2. The second-order valence-corrected chi connectivity index (χ2v) is 7.93. The van der Waals surface area contributed by atoms with Crippen LogP contribution in [0.25, 0.3) is 10.2 Å². The highest BCUT2D eigenvalue weighted by Crippen LogP contribution is 2.37. The molecule has 3 aromatic rings. The van der Waals surface area contributed by atoms with Gasteiger partial charge in [0.25, 0.3) is 0 Å². The van der Waals surface area contributed by atoms with Crippen molar-refractivity contribution in [2.75, 3.05) is 11.4 Å². The van der Waals surface area contributed by atoms with Gasteiger partial charge in [0, 0.05) is 36.4 Å². The van der Waals surface area contributed by atoms with Crippen molar-refractivity contribution in [1.29, 1.82) is 0 Å². The van der Waals surface area contributed by atoms with Gasteiger partial charge in [0.15, 0.2) is 5.13 Å². The molecule has 7 heteroatoms. The highest BCUT2D eigenvalue weighted by atomic mass is 35.5. The van der Waals surface area contributed by atoms with Crippen LogP contribution in [0.3, 0.4) is 0 Å². The Bertz CT molecular complexity index is 901. The van der Waals surface area contributed by atoms with E-state index in [2.05, 4.69) is 4.98 Å². The Morgan fingerprint density at radius 1 is 1.44 bits per heavy atom. The Morgan fingerprint density at radius 3 is 3.00 bits per heavy atom. The largest absolute Gasteiger partial charge is 0.337 e. The third-order valence-corrected chi connectivity index (χ3v) is 5.66. The van der Waals surface area contributed by atoms with Crippen LogP contribution in [0.5, 0.6) is 0 Å². The molecule has 5 nitrogen and oxygen atoms in total. The molecule has 0 unspecified atom stereocenters. The molecule has 1 aromatic carbocycles. The van der Waals surface area contributed by atoms with E-state index in [-0.39, 0.29) is 11.8 Å². The molecule has 0 atom stereocenters. The number of hydrogen-bond donors (Lipinski definition) is 0. The van der Waals surface area contributed by atoms with Crippen LogP contribution in [0.4, 0.5) is 5.13 Å². The van der Waals surface area contributed by atoms with E-state index < -0.39 is 0 Å². The summed E-state index contributed by atoms with van der Waals surface area (Å²) >= 11 is 7.71. The van der Waals surface area contributed by atoms with Crippen molar-refractivity contribution in [3.8, 4) is 0 Å². The van der Waals surface area contributed by atoms with Crippen molar-refractivity contribution in [1.82, 2.24) is 14.5 Å². The fourth-order valence-corrected chi connectivity index (χ4v) is 4.39. The van der Waals surface area contributed by atoms with Gasteiger partial charge in [-0.25, -0.2) is 9.97 Å². The number of aromatic nitrogens is 3. The molecule has 0 bridgehead atoms. The number of thiazole rings is 1. The molecule has 1 aliphatic carbocycles. The first kappa shape index (κ1) is 16.5. The summed E-state index contributed by atoms with van der Waals surface area (Å²) in [6.45, 7) is 3.51. The zero-order valence-electron chi connectivity index (χ0n) is 14.0. The van der Waals surface area contributed by atoms with Gasteiger partial charge >= 0.3 is 0 Å². The molecule has 0 saturated heterocycles. The van der Waals surface area contributed by atoms with Crippen LogP contribution in [-0.2, 0) is 11.3 Å². The fraction of sp³-hybridized carbons (Fsp3) is 0.389. The SMILES string of the molecule is Cc1cc(Cl)cc2sc(N(CCCn3ccnc3)C(=O)C3CC3)nc12. The molecule has 25 heavy (non-hydrogen) atoms. The van der Waals surface area contributed by atoms with Gasteiger partial charge in [0.1, 0.15) is 0 Å². The average Bonchev–Trinajstić information content (AvgIpc) is 3.13. The molecule has 0 aliphatic heterocycles. The predicted octanol–water partition coefficient (Wildman–Crippen LogP) is 4.29. The van der Waals surface area contributed by atoms with Gasteiger partial charge in [-0.15, -0.1) is 0 Å². The van der Waals surface area contributed by atoms with Gasteiger partial charge in [-0.1, -0.05) is 22.9 Å². The van der Waals surface area contributed by atoms with Gasteiger partial charge in [0.05, 0.1) is 16.5 Å². The van der Waals surface area contributed by atoms with Crippen molar-refractivity contribution >= 4 is 44.2 Å². The Morgan fingerprint density at radius 2 is 2.28 bits per heavy atom. The number of anilines is 1. The van der Waals surface area contributed by atoms with Crippen LogP contribution >= 0.6 is 22.9 Å². The summed E-state index contributed by atoms with van der Waals surface area (Å²) in [6.07, 6.45) is 8.36. The van der Waals surface area contributed by atoms with Crippen molar-refractivity contribution in [3.05, 3.63) is 41.4 Å². The number of nitrogens with zero attached hydrogens (tertiary/aromatic N) is 4. The molecular formula is C18H19ClN4OS. The van der Waals surface area contributed by atoms with Crippen molar-refractivity contribution in [2.24, 2.45) is 5.92 Å². The summed E-state index contributed by atoms with van der Waals surface area (Å²) in [7, 11) is 0. The minimum Gasteiger partial charge on any atom is -0.337 e. The monoisotopic (exact) mass is 374 g/mol. The van der Waals surface area contributed by atoms with Gasteiger partial charge in [-0.3, -0.25) is 9.69 Å². The van der Waals surface area contributed by atoms with Crippen LogP contribution in [-0.4, -0.2) is 27.0 Å². The van der Waals surface area contributed by atoms with E-state index in [1.165, 1.54) is 0 Å². The lowest BCUT2D eigenvalue weighted by atomic mass is 10.2. The fourth-order valence-electron chi connectivity index (χ4n) is 2.94. The molecule has 0 spiro atoms. The minimum atomic E-state index is 0.171. The molecule has 0 radical (unpaired) electrons. The zero-order valence-corrected chi connectivity index (χ0v) is 15.6. The second kappa shape index (κ2) is 6.77.